The van der Waals surface area contributed by atoms with Gasteiger partial charge in [0.05, 0.1) is 6.61 Å². The summed E-state index contributed by atoms with van der Waals surface area (Å²) in [5, 5.41) is 1.23. The van der Waals surface area contributed by atoms with Crippen LogP contribution < -0.4 is 9.47 Å². The molecular weight excluding hydrogens is 500 g/mol. The lowest BCUT2D eigenvalue weighted by Gasteiger charge is -2.07. The lowest BCUT2D eigenvalue weighted by Crippen LogP contribution is -2.09. The van der Waals surface area contributed by atoms with E-state index in [0.717, 1.165) is 11.1 Å². The van der Waals surface area contributed by atoms with Crippen LogP contribution >= 0.6 is 11.6 Å². The minimum atomic E-state index is -0.571. The second-order valence-corrected chi connectivity index (χ2v) is 8.86. The second-order valence-electron chi connectivity index (χ2n) is 8.43. The maximum atomic E-state index is 13.4. The van der Waals surface area contributed by atoms with Crippen molar-refractivity contribution in [1.29, 1.82) is 0 Å². The molecule has 5 rings (SSSR count). The van der Waals surface area contributed by atoms with Gasteiger partial charge in [-0.05, 0) is 73.2 Å². The summed E-state index contributed by atoms with van der Waals surface area (Å²) >= 11 is 5.90. The van der Waals surface area contributed by atoms with Crippen molar-refractivity contribution < 1.29 is 23.5 Å². The van der Waals surface area contributed by atoms with Crippen LogP contribution in [0.15, 0.2) is 108 Å². The van der Waals surface area contributed by atoms with Gasteiger partial charge in [-0.2, -0.15) is 0 Å². The topological polar surface area (TPSA) is 65.7 Å². The average Bonchev–Trinajstić information content (AvgIpc) is 3.33. The van der Waals surface area contributed by atoms with Crippen LogP contribution in [-0.2, 0) is 0 Å². The molecule has 0 saturated carbocycles. The Hall–Kier alpha value is -4.61. The van der Waals surface area contributed by atoms with Crippen molar-refractivity contribution in [3.8, 4) is 22.8 Å². The first-order valence-corrected chi connectivity index (χ1v) is 12.4. The summed E-state index contributed by atoms with van der Waals surface area (Å²) in [7, 11) is 0. The Bertz CT molecular complexity index is 1620. The molecule has 1 aromatic heterocycles. The first-order valence-electron chi connectivity index (χ1n) is 12.1. The van der Waals surface area contributed by atoms with Gasteiger partial charge in [0, 0.05) is 21.5 Å². The van der Waals surface area contributed by atoms with Crippen molar-refractivity contribution >= 4 is 40.4 Å². The molecule has 0 atom stereocenters. The van der Waals surface area contributed by atoms with Gasteiger partial charge in [-0.1, -0.05) is 60.1 Å². The van der Waals surface area contributed by atoms with Crippen LogP contribution in [0.25, 0.3) is 28.4 Å². The van der Waals surface area contributed by atoms with Crippen LogP contribution in [0.3, 0.4) is 0 Å². The van der Waals surface area contributed by atoms with Gasteiger partial charge >= 0.3 is 5.97 Å². The predicted molar refractivity (Wildman–Crippen MR) is 149 cm³/mol. The van der Waals surface area contributed by atoms with Crippen LogP contribution in [0.1, 0.15) is 33.2 Å². The number of hydrogen-bond donors (Lipinski definition) is 0. The quantitative estimate of drug-likeness (QED) is 0.0887. The average molecular weight is 523 g/mol. The first-order chi connectivity index (χ1) is 18.5. The fourth-order valence-corrected chi connectivity index (χ4v) is 4.14. The van der Waals surface area contributed by atoms with Crippen LogP contribution in [0, 0.1) is 0 Å². The summed E-state index contributed by atoms with van der Waals surface area (Å²) in [4.78, 5) is 26.0. The molecule has 0 spiro atoms. The summed E-state index contributed by atoms with van der Waals surface area (Å²) in [6, 6.07) is 28.4. The van der Waals surface area contributed by atoms with E-state index in [1.165, 1.54) is 6.08 Å². The highest BCUT2D eigenvalue weighted by Crippen LogP contribution is 2.36. The van der Waals surface area contributed by atoms with Gasteiger partial charge in [-0.3, -0.25) is 4.79 Å². The van der Waals surface area contributed by atoms with E-state index in [1.807, 2.05) is 49.4 Å². The number of esters is 1. The summed E-state index contributed by atoms with van der Waals surface area (Å²) in [6.07, 6.45) is 3.21. The molecule has 6 heteroatoms. The number of ether oxygens (including phenoxy) is 2. The van der Waals surface area contributed by atoms with Gasteiger partial charge in [-0.15, -0.1) is 0 Å². The van der Waals surface area contributed by atoms with Crippen molar-refractivity contribution in [2.75, 3.05) is 6.61 Å². The zero-order valence-electron chi connectivity index (χ0n) is 20.5. The highest BCUT2D eigenvalue weighted by Gasteiger charge is 2.24. The highest BCUT2D eigenvalue weighted by molar-refractivity contribution is 6.30. The van der Waals surface area contributed by atoms with Gasteiger partial charge in [0.2, 0.25) is 0 Å². The molecule has 0 saturated heterocycles. The lowest BCUT2D eigenvalue weighted by molar-refractivity contribution is 0.0737. The summed E-state index contributed by atoms with van der Waals surface area (Å²) < 4.78 is 17.4. The van der Waals surface area contributed by atoms with E-state index in [4.69, 9.17) is 25.5 Å². The van der Waals surface area contributed by atoms with Crippen LogP contribution in [0.2, 0.25) is 5.02 Å². The first kappa shape index (κ1) is 25.1. The van der Waals surface area contributed by atoms with E-state index < -0.39 is 5.97 Å². The largest absolute Gasteiger partial charge is 0.494 e. The highest BCUT2D eigenvalue weighted by atomic mass is 35.5. The number of allylic oxidation sites excluding steroid dienone is 1. The number of halogens is 1. The molecule has 0 radical (unpaired) electrons. The molecule has 38 heavy (non-hydrogen) atoms. The van der Waals surface area contributed by atoms with Crippen LogP contribution in [0.4, 0.5) is 0 Å². The third-order valence-corrected chi connectivity index (χ3v) is 6.11. The monoisotopic (exact) mass is 522 g/mol. The number of carbonyl (C=O) groups excluding carboxylic acids is 2. The molecule has 0 aliphatic rings. The number of carbonyl (C=O) groups is 2. The van der Waals surface area contributed by atoms with E-state index >= 15 is 0 Å². The minimum Gasteiger partial charge on any atom is -0.494 e. The maximum absolute atomic E-state index is 13.4. The SMILES string of the molecule is CCOc1ccc2oc(-c3ccccc3)c(C(=O)Oc3ccc(C(=O)C=Cc4ccc(Cl)cc4)cc3)c2c1. The molecule has 0 bridgehead atoms. The van der Waals surface area contributed by atoms with Crippen molar-refractivity contribution in [3.05, 3.63) is 125 Å². The predicted octanol–water partition coefficient (Wildman–Crippen LogP) is 8.27. The number of rotatable bonds is 8. The molecule has 0 N–H and O–H groups in total. The van der Waals surface area contributed by atoms with Gasteiger partial charge in [0.1, 0.15) is 28.4 Å². The van der Waals surface area contributed by atoms with Crippen molar-refractivity contribution in [1.82, 2.24) is 0 Å². The Morgan fingerprint density at radius 3 is 2.29 bits per heavy atom. The third-order valence-electron chi connectivity index (χ3n) is 5.86. The third kappa shape index (κ3) is 5.53. The zero-order chi connectivity index (χ0) is 26.5. The van der Waals surface area contributed by atoms with Crippen molar-refractivity contribution in [2.45, 2.75) is 6.92 Å². The van der Waals surface area contributed by atoms with Gasteiger partial charge in [0.15, 0.2) is 5.78 Å². The summed E-state index contributed by atoms with van der Waals surface area (Å²) in [6.45, 7) is 2.39. The Morgan fingerprint density at radius 2 is 1.58 bits per heavy atom. The van der Waals surface area contributed by atoms with Crippen LogP contribution in [0.5, 0.6) is 11.5 Å². The Balaban J connectivity index is 1.40. The number of benzene rings is 4. The zero-order valence-corrected chi connectivity index (χ0v) is 21.3. The number of ketones is 1. The minimum absolute atomic E-state index is 0.173. The van der Waals surface area contributed by atoms with Crippen molar-refractivity contribution in [3.63, 3.8) is 0 Å². The van der Waals surface area contributed by atoms with E-state index in [1.54, 1.807) is 60.7 Å². The molecule has 0 aliphatic heterocycles. The maximum Gasteiger partial charge on any atom is 0.348 e. The standard InChI is InChI=1S/C32H23ClO5/c1-2-36-26-17-19-29-27(20-26)30(31(38-29)23-6-4-3-5-7-23)32(35)37-25-15-11-22(12-16-25)28(34)18-10-21-8-13-24(33)14-9-21/h3-20H,2H2,1H3. The molecular formula is C32H23ClO5. The number of furan rings is 1. The van der Waals surface area contributed by atoms with E-state index in [2.05, 4.69) is 0 Å². The molecule has 5 nitrogen and oxygen atoms in total. The molecule has 4 aromatic carbocycles. The van der Waals surface area contributed by atoms with Gasteiger partial charge in [0.25, 0.3) is 0 Å². The van der Waals surface area contributed by atoms with Crippen molar-refractivity contribution in [2.24, 2.45) is 0 Å². The molecule has 1 heterocycles. The molecule has 0 amide bonds. The van der Waals surface area contributed by atoms with Crippen LogP contribution in [-0.4, -0.2) is 18.4 Å². The molecule has 5 aromatic rings. The molecule has 188 valence electrons. The molecule has 0 aliphatic carbocycles. The normalized spacial score (nSPS) is 11.1. The lowest BCUT2D eigenvalue weighted by atomic mass is 10.1. The summed E-state index contributed by atoms with van der Waals surface area (Å²) in [5.74, 6) is 0.608. The number of fused-ring (bicyclic) bond motifs is 1. The Morgan fingerprint density at radius 1 is 0.868 bits per heavy atom. The summed E-state index contributed by atoms with van der Waals surface area (Å²) in [5.41, 5.74) is 2.94. The molecule has 0 fully saturated rings. The Labute approximate surface area is 224 Å². The number of hydrogen-bond acceptors (Lipinski definition) is 5. The fourth-order valence-electron chi connectivity index (χ4n) is 4.02. The van der Waals surface area contributed by atoms with E-state index in [-0.39, 0.29) is 5.78 Å². The van der Waals surface area contributed by atoms with E-state index in [0.29, 0.717) is 51.0 Å². The second kappa shape index (κ2) is 11.2. The Kier molecular flexibility index (Phi) is 7.38. The van der Waals surface area contributed by atoms with E-state index in [9.17, 15) is 9.59 Å². The van der Waals surface area contributed by atoms with Gasteiger partial charge in [-0.25, -0.2) is 4.79 Å². The smallest absolute Gasteiger partial charge is 0.348 e. The van der Waals surface area contributed by atoms with Gasteiger partial charge < -0.3 is 13.9 Å². The fraction of sp³-hybridized carbons (Fsp3) is 0.0625. The molecule has 0 unspecified atom stereocenters.